The number of aromatic nitrogens is 4. The third-order valence-electron chi connectivity index (χ3n) is 2.55. The van der Waals surface area contributed by atoms with Crippen molar-refractivity contribution in [1.82, 2.24) is 19.6 Å². The zero-order chi connectivity index (χ0) is 11.0. The minimum atomic E-state index is 0.901. The van der Waals surface area contributed by atoms with Gasteiger partial charge < -0.3 is 0 Å². The Morgan fingerprint density at radius 2 is 1.88 bits per heavy atom. The van der Waals surface area contributed by atoms with Crippen molar-refractivity contribution in [3.63, 3.8) is 0 Å². The molecule has 0 N–H and O–H groups in total. The van der Waals surface area contributed by atoms with Crippen LogP contribution in [-0.4, -0.2) is 19.6 Å². The quantitative estimate of drug-likeness (QED) is 0.617. The van der Waals surface area contributed by atoms with Crippen LogP contribution in [0.1, 0.15) is 5.56 Å². The van der Waals surface area contributed by atoms with Gasteiger partial charge in [0.25, 0.3) is 0 Å². The summed E-state index contributed by atoms with van der Waals surface area (Å²) in [5, 5.41) is 4.24. The van der Waals surface area contributed by atoms with Gasteiger partial charge in [-0.3, -0.25) is 4.98 Å². The minimum absolute atomic E-state index is 0.901. The topological polar surface area (TPSA) is 43.1 Å². The van der Waals surface area contributed by atoms with Gasteiger partial charge in [0.15, 0.2) is 5.65 Å². The van der Waals surface area contributed by atoms with Gasteiger partial charge in [-0.1, -0.05) is 0 Å². The Balaban J connectivity index is 2.19. The summed E-state index contributed by atoms with van der Waals surface area (Å²) in [7, 11) is 0. The molecule has 4 nitrogen and oxygen atoms in total. The second-order valence-electron chi connectivity index (χ2n) is 3.67. The SMILES string of the molecule is Cc1cnn2cc(-c3ccncc3)cnc12. The molecule has 0 radical (unpaired) electrons. The molecule has 0 atom stereocenters. The molecule has 0 aliphatic carbocycles. The molecular weight excluding hydrogens is 200 g/mol. The van der Waals surface area contributed by atoms with E-state index in [1.165, 1.54) is 0 Å². The van der Waals surface area contributed by atoms with E-state index >= 15 is 0 Å². The molecular formula is C12H10N4. The molecule has 0 spiro atoms. The van der Waals surface area contributed by atoms with Gasteiger partial charge in [0.2, 0.25) is 0 Å². The first-order chi connectivity index (χ1) is 7.84. The summed E-state index contributed by atoms with van der Waals surface area (Å²) < 4.78 is 1.80. The van der Waals surface area contributed by atoms with Crippen molar-refractivity contribution < 1.29 is 0 Å². The van der Waals surface area contributed by atoms with Crippen LogP contribution in [0.25, 0.3) is 16.8 Å². The average Bonchev–Trinajstić information content (AvgIpc) is 2.72. The van der Waals surface area contributed by atoms with Crippen LogP contribution in [0, 0.1) is 6.92 Å². The Bertz CT molecular complexity index is 628. The maximum atomic E-state index is 4.40. The number of fused-ring (bicyclic) bond motifs is 1. The highest BCUT2D eigenvalue weighted by molar-refractivity contribution is 5.62. The van der Waals surface area contributed by atoms with Crippen LogP contribution in [0.5, 0.6) is 0 Å². The van der Waals surface area contributed by atoms with E-state index in [-0.39, 0.29) is 0 Å². The van der Waals surface area contributed by atoms with Crippen LogP contribution in [-0.2, 0) is 0 Å². The Kier molecular flexibility index (Phi) is 1.93. The molecule has 0 amide bonds. The van der Waals surface area contributed by atoms with Gasteiger partial charge >= 0.3 is 0 Å². The smallest absolute Gasteiger partial charge is 0.157 e. The zero-order valence-electron chi connectivity index (χ0n) is 8.83. The molecule has 0 aliphatic rings. The number of nitrogens with zero attached hydrogens (tertiary/aromatic N) is 4. The van der Waals surface area contributed by atoms with Crippen molar-refractivity contribution in [1.29, 1.82) is 0 Å². The number of hydrogen-bond donors (Lipinski definition) is 0. The van der Waals surface area contributed by atoms with Crippen LogP contribution in [0.4, 0.5) is 0 Å². The number of hydrogen-bond acceptors (Lipinski definition) is 3. The van der Waals surface area contributed by atoms with E-state index in [4.69, 9.17) is 0 Å². The Morgan fingerprint density at radius 3 is 2.69 bits per heavy atom. The number of rotatable bonds is 1. The van der Waals surface area contributed by atoms with E-state index in [1.807, 2.05) is 37.6 Å². The molecule has 3 aromatic rings. The molecule has 78 valence electrons. The van der Waals surface area contributed by atoms with Crippen LogP contribution in [0.2, 0.25) is 0 Å². The fourth-order valence-corrected chi connectivity index (χ4v) is 1.69. The van der Waals surface area contributed by atoms with E-state index < -0.39 is 0 Å². The second-order valence-corrected chi connectivity index (χ2v) is 3.67. The lowest BCUT2D eigenvalue weighted by Gasteiger charge is -2.01. The predicted octanol–water partition coefficient (Wildman–Crippen LogP) is 2.10. The van der Waals surface area contributed by atoms with Crippen molar-refractivity contribution in [3.05, 3.63) is 48.7 Å². The van der Waals surface area contributed by atoms with Crippen molar-refractivity contribution in [2.45, 2.75) is 6.92 Å². The second kappa shape index (κ2) is 3.41. The van der Waals surface area contributed by atoms with Gasteiger partial charge in [0.05, 0.1) is 6.20 Å². The van der Waals surface area contributed by atoms with Crippen LogP contribution < -0.4 is 0 Å². The largest absolute Gasteiger partial charge is 0.265 e. The van der Waals surface area contributed by atoms with Gasteiger partial charge in [-0.15, -0.1) is 0 Å². The van der Waals surface area contributed by atoms with Gasteiger partial charge in [0.1, 0.15) is 0 Å². The fourth-order valence-electron chi connectivity index (χ4n) is 1.69. The van der Waals surface area contributed by atoms with Gasteiger partial charge in [-0.25, -0.2) is 9.50 Å². The number of aryl methyl sites for hydroxylation is 1. The molecule has 0 aliphatic heterocycles. The first-order valence-corrected chi connectivity index (χ1v) is 5.05. The molecule has 3 rings (SSSR count). The lowest BCUT2D eigenvalue weighted by atomic mass is 10.1. The van der Waals surface area contributed by atoms with Crippen LogP contribution in [0.15, 0.2) is 43.1 Å². The van der Waals surface area contributed by atoms with Crippen molar-refractivity contribution in [2.75, 3.05) is 0 Å². The summed E-state index contributed by atoms with van der Waals surface area (Å²) in [6, 6.07) is 3.92. The molecule has 0 aromatic carbocycles. The monoisotopic (exact) mass is 210 g/mol. The summed E-state index contributed by atoms with van der Waals surface area (Å²) in [6.07, 6.45) is 9.20. The molecule has 0 bridgehead atoms. The molecule has 0 fully saturated rings. The predicted molar refractivity (Wildman–Crippen MR) is 61.0 cm³/mol. The molecule has 4 heteroatoms. The lowest BCUT2D eigenvalue weighted by molar-refractivity contribution is 0.941. The van der Waals surface area contributed by atoms with E-state index in [0.29, 0.717) is 0 Å². The van der Waals surface area contributed by atoms with E-state index in [0.717, 1.165) is 22.3 Å². The highest BCUT2D eigenvalue weighted by Gasteiger charge is 2.03. The van der Waals surface area contributed by atoms with Crippen molar-refractivity contribution >= 4 is 5.65 Å². The third-order valence-corrected chi connectivity index (χ3v) is 2.55. The average molecular weight is 210 g/mol. The summed E-state index contributed by atoms with van der Waals surface area (Å²) in [5.41, 5.74) is 4.12. The lowest BCUT2D eigenvalue weighted by Crippen LogP contribution is -1.91. The minimum Gasteiger partial charge on any atom is -0.265 e. The summed E-state index contributed by atoms with van der Waals surface area (Å²) in [4.78, 5) is 8.39. The zero-order valence-corrected chi connectivity index (χ0v) is 8.83. The van der Waals surface area contributed by atoms with Gasteiger partial charge in [-0.2, -0.15) is 5.10 Å². The molecule has 0 saturated heterocycles. The molecule has 3 heterocycles. The Morgan fingerprint density at radius 1 is 1.06 bits per heavy atom. The summed E-state index contributed by atoms with van der Waals surface area (Å²) in [6.45, 7) is 2.00. The highest BCUT2D eigenvalue weighted by Crippen LogP contribution is 2.17. The van der Waals surface area contributed by atoms with Crippen molar-refractivity contribution in [3.8, 4) is 11.1 Å². The summed E-state index contributed by atoms with van der Waals surface area (Å²) in [5.74, 6) is 0. The van der Waals surface area contributed by atoms with E-state index in [2.05, 4.69) is 15.1 Å². The van der Waals surface area contributed by atoms with Crippen LogP contribution >= 0.6 is 0 Å². The first kappa shape index (κ1) is 9.03. The van der Waals surface area contributed by atoms with Gasteiger partial charge in [0, 0.05) is 35.9 Å². The van der Waals surface area contributed by atoms with Crippen LogP contribution in [0.3, 0.4) is 0 Å². The van der Waals surface area contributed by atoms with E-state index in [9.17, 15) is 0 Å². The number of pyridine rings is 1. The Hall–Kier alpha value is -2.23. The molecule has 0 saturated carbocycles. The normalized spacial score (nSPS) is 10.8. The maximum absolute atomic E-state index is 4.40. The van der Waals surface area contributed by atoms with Crippen molar-refractivity contribution in [2.24, 2.45) is 0 Å². The Labute approximate surface area is 92.6 Å². The molecule has 3 aromatic heterocycles. The highest BCUT2D eigenvalue weighted by atomic mass is 15.2. The third kappa shape index (κ3) is 1.35. The standard InChI is InChI=1S/C12H10N4/c1-9-6-15-16-8-11(7-14-12(9)16)10-2-4-13-5-3-10/h2-8H,1H3. The summed E-state index contributed by atoms with van der Waals surface area (Å²) >= 11 is 0. The first-order valence-electron chi connectivity index (χ1n) is 5.05. The van der Waals surface area contributed by atoms with E-state index in [1.54, 1.807) is 16.9 Å². The maximum Gasteiger partial charge on any atom is 0.157 e. The molecule has 16 heavy (non-hydrogen) atoms. The molecule has 0 unspecified atom stereocenters. The fraction of sp³-hybridized carbons (Fsp3) is 0.0833. The van der Waals surface area contributed by atoms with Gasteiger partial charge in [-0.05, 0) is 24.6 Å².